The van der Waals surface area contributed by atoms with Crippen LogP contribution in [0.3, 0.4) is 0 Å². The zero-order chi connectivity index (χ0) is 16.8. The highest BCUT2D eigenvalue weighted by atomic mass is 32.1. The van der Waals surface area contributed by atoms with Crippen LogP contribution in [0.4, 0.5) is 5.13 Å². The lowest BCUT2D eigenvalue weighted by atomic mass is 10.1. The highest BCUT2D eigenvalue weighted by Crippen LogP contribution is 2.22. The quantitative estimate of drug-likeness (QED) is 0.620. The minimum absolute atomic E-state index is 0.158. The number of thiazole rings is 1. The van der Waals surface area contributed by atoms with Crippen LogP contribution in [0, 0.1) is 6.92 Å². The molecule has 2 aromatic rings. The maximum Gasteiger partial charge on any atom is 0.203 e. The van der Waals surface area contributed by atoms with Crippen LogP contribution < -0.4 is 10.2 Å². The summed E-state index contributed by atoms with van der Waals surface area (Å²) >= 11 is 1.54. The molecule has 2 rings (SSSR count). The second kappa shape index (κ2) is 8.08. The minimum Gasteiger partial charge on any atom is -0.491 e. The number of rotatable bonds is 7. The summed E-state index contributed by atoms with van der Waals surface area (Å²) in [6, 6.07) is 6.12. The maximum atomic E-state index is 5.88. The predicted molar refractivity (Wildman–Crippen MR) is 97.7 cm³/mol. The molecule has 1 aromatic carbocycles. The van der Waals surface area contributed by atoms with Gasteiger partial charge in [-0.3, -0.25) is 5.43 Å². The minimum atomic E-state index is 0.158. The normalized spacial score (nSPS) is 11.6. The van der Waals surface area contributed by atoms with Crippen molar-refractivity contribution in [2.24, 2.45) is 5.10 Å². The first-order chi connectivity index (χ1) is 10.9. The van der Waals surface area contributed by atoms with Gasteiger partial charge >= 0.3 is 0 Å². The van der Waals surface area contributed by atoms with Gasteiger partial charge in [0.2, 0.25) is 5.13 Å². The number of anilines is 1. The Bertz CT molecular complexity index is 664. The van der Waals surface area contributed by atoms with Gasteiger partial charge in [-0.1, -0.05) is 0 Å². The Labute approximate surface area is 142 Å². The van der Waals surface area contributed by atoms with Crippen LogP contribution in [0.25, 0.3) is 0 Å². The molecule has 0 bridgehead atoms. The molecule has 0 saturated carbocycles. The van der Waals surface area contributed by atoms with Crippen molar-refractivity contribution in [1.29, 1.82) is 0 Å². The van der Waals surface area contributed by atoms with Crippen LogP contribution in [0.5, 0.6) is 5.75 Å². The molecule has 6 heteroatoms. The van der Waals surface area contributed by atoms with Crippen molar-refractivity contribution in [2.45, 2.75) is 33.4 Å². The predicted octanol–water partition coefficient (Wildman–Crippen LogP) is 3.75. The van der Waals surface area contributed by atoms with Crippen molar-refractivity contribution in [2.75, 3.05) is 19.5 Å². The smallest absolute Gasteiger partial charge is 0.203 e. The van der Waals surface area contributed by atoms with Crippen LogP contribution >= 0.6 is 11.3 Å². The molecular weight excluding hydrogens is 308 g/mol. The van der Waals surface area contributed by atoms with E-state index in [-0.39, 0.29) is 6.10 Å². The van der Waals surface area contributed by atoms with Crippen molar-refractivity contribution in [3.8, 4) is 5.75 Å². The Morgan fingerprint density at radius 2 is 2.17 bits per heavy atom. The monoisotopic (exact) mass is 332 g/mol. The molecule has 23 heavy (non-hydrogen) atoms. The van der Waals surface area contributed by atoms with Crippen LogP contribution in [-0.2, 0) is 6.54 Å². The second-order valence-corrected chi connectivity index (χ2v) is 6.79. The molecule has 0 fully saturated rings. The van der Waals surface area contributed by atoms with Gasteiger partial charge in [-0.05, 0) is 58.6 Å². The topological polar surface area (TPSA) is 49.8 Å². The Hall–Kier alpha value is -1.92. The Balaban J connectivity index is 2.12. The zero-order valence-electron chi connectivity index (χ0n) is 14.3. The Morgan fingerprint density at radius 3 is 2.78 bits per heavy atom. The number of hydrazone groups is 1. The van der Waals surface area contributed by atoms with Crippen molar-refractivity contribution >= 4 is 22.7 Å². The molecule has 0 radical (unpaired) electrons. The number of hydrogen-bond donors (Lipinski definition) is 1. The largest absolute Gasteiger partial charge is 0.491 e. The Kier molecular flexibility index (Phi) is 6.12. The van der Waals surface area contributed by atoms with E-state index in [1.165, 1.54) is 0 Å². The summed E-state index contributed by atoms with van der Waals surface area (Å²) in [5.41, 5.74) is 6.13. The van der Waals surface area contributed by atoms with Crippen LogP contribution in [0.2, 0.25) is 0 Å². The lowest BCUT2D eigenvalue weighted by Gasteiger charge is -2.17. The van der Waals surface area contributed by atoms with E-state index in [1.54, 1.807) is 17.6 Å². The first-order valence-electron chi connectivity index (χ1n) is 7.59. The first-order valence-corrected chi connectivity index (χ1v) is 8.47. The van der Waals surface area contributed by atoms with Crippen molar-refractivity contribution in [1.82, 2.24) is 9.88 Å². The van der Waals surface area contributed by atoms with Crippen LogP contribution in [-0.4, -0.2) is 36.3 Å². The van der Waals surface area contributed by atoms with Gasteiger partial charge in [0, 0.05) is 17.5 Å². The van der Waals surface area contributed by atoms with Crippen molar-refractivity contribution in [3.63, 3.8) is 0 Å². The highest BCUT2D eigenvalue weighted by Gasteiger charge is 2.08. The lowest BCUT2D eigenvalue weighted by Crippen LogP contribution is -2.14. The molecule has 1 heterocycles. The maximum absolute atomic E-state index is 5.88. The second-order valence-electron chi connectivity index (χ2n) is 5.94. The highest BCUT2D eigenvalue weighted by molar-refractivity contribution is 7.13. The third kappa shape index (κ3) is 5.65. The van der Waals surface area contributed by atoms with E-state index >= 15 is 0 Å². The third-order valence-electron chi connectivity index (χ3n) is 2.93. The fraction of sp³-hybridized carbons (Fsp3) is 0.412. The number of nitrogens with one attached hydrogen (secondary N) is 1. The van der Waals surface area contributed by atoms with Gasteiger partial charge in [0.1, 0.15) is 5.75 Å². The SMILES string of the molecule is Cc1csc(NN=Cc2ccc(OC(C)C)c(CN(C)C)c2)n1. The standard InChI is InChI=1S/C17H24N4OS/c1-12(2)22-16-7-6-14(8-15(16)10-21(4)5)9-18-20-17-19-13(3)11-23-17/h6-9,11-12H,10H2,1-5H3,(H,19,20). The summed E-state index contributed by atoms with van der Waals surface area (Å²) in [4.78, 5) is 6.44. The van der Waals surface area contributed by atoms with E-state index in [0.29, 0.717) is 0 Å². The van der Waals surface area contributed by atoms with E-state index in [4.69, 9.17) is 4.74 Å². The number of nitrogens with zero attached hydrogens (tertiary/aromatic N) is 3. The summed E-state index contributed by atoms with van der Waals surface area (Å²) in [7, 11) is 4.10. The molecule has 0 aliphatic rings. The van der Waals surface area contributed by atoms with Crippen LogP contribution in [0.1, 0.15) is 30.7 Å². The average molecular weight is 332 g/mol. The molecule has 0 atom stereocenters. The number of ether oxygens (including phenoxy) is 1. The number of benzene rings is 1. The van der Waals surface area contributed by atoms with Gasteiger partial charge in [0.15, 0.2) is 0 Å². The van der Waals surface area contributed by atoms with E-state index in [9.17, 15) is 0 Å². The van der Waals surface area contributed by atoms with E-state index in [1.807, 2.05) is 52.4 Å². The summed E-state index contributed by atoms with van der Waals surface area (Å²) in [6.45, 7) is 6.86. The van der Waals surface area contributed by atoms with Crippen molar-refractivity contribution < 1.29 is 4.74 Å². The van der Waals surface area contributed by atoms with Gasteiger partial charge in [0.25, 0.3) is 0 Å². The van der Waals surface area contributed by atoms with E-state index in [0.717, 1.165) is 34.2 Å². The molecule has 0 aliphatic heterocycles. The van der Waals surface area contributed by atoms with E-state index < -0.39 is 0 Å². The van der Waals surface area contributed by atoms with Gasteiger partial charge in [0.05, 0.1) is 18.0 Å². The summed E-state index contributed by atoms with van der Waals surface area (Å²) < 4.78 is 5.88. The van der Waals surface area contributed by atoms with Crippen LogP contribution in [0.15, 0.2) is 28.7 Å². The van der Waals surface area contributed by atoms with Gasteiger partial charge < -0.3 is 9.64 Å². The first kappa shape index (κ1) is 17.4. The molecule has 5 nitrogen and oxygen atoms in total. The molecule has 0 amide bonds. The molecule has 1 N–H and O–H groups in total. The average Bonchev–Trinajstić information content (AvgIpc) is 2.86. The molecule has 124 valence electrons. The molecule has 0 saturated heterocycles. The van der Waals surface area contributed by atoms with Crippen molar-refractivity contribution in [3.05, 3.63) is 40.4 Å². The van der Waals surface area contributed by atoms with E-state index in [2.05, 4.69) is 26.5 Å². The van der Waals surface area contributed by atoms with Gasteiger partial charge in [-0.25, -0.2) is 4.98 Å². The van der Waals surface area contributed by atoms with Gasteiger partial charge in [-0.15, -0.1) is 11.3 Å². The number of hydrogen-bond acceptors (Lipinski definition) is 6. The third-order valence-corrected chi connectivity index (χ3v) is 3.79. The molecule has 0 spiro atoms. The van der Waals surface area contributed by atoms with Gasteiger partial charge in [-0.2, -0.15) is 5.10 Å². The number of aryl methyl sites for hydroxylation is 1. The number of aromatic nitrogens is 1. The lowest BCUT2D eigenvalue weighted by molar-refractivity contribution is 0.236. The fourth-order valence-electron chi connectivity index (χ4n) is 2.08. The molecule has 0 unspecified atom stereocenters. The zero-order valence-corrected chi connectivity index (χ0v) is 15.1. The summed E-state index contributed by atoms with van der Waals surface area (Å²) in [5.74, 6) is 0.925. The Morgan fingerprint density at radius 1 is 1.39 bits per heavy atom. The summed E-state index contributed by atoms with van der Waals surface area (Å²) in [6.07, 6.45) is 1.96. The summed E-state index contributed by atoms with van der Waals surface area (Å²) in [5, 5.41) is 7.04. The molecule has 0 aliphatic carbocycles. The fourth-order valence-corrected chi connectivity index (χ4v) is 2.72. The molecular formula is C17H24N4OS. The molecule has 1 aromatic heterocycles.